The fraction of sp³-hybridized carbons (Fsp3) is 0.538. The van der Waals surface area contributed by atoms with Crippen LogP contribution in [0.2, 0.25) is 0 Å². The van der Waals surface area contributed by atoms with Crippen molar-refractivity contribution < 1.29 is 13.2 Å². The van der Waals surface area contributed by atoms with Crippen LogP contribution in [0.1, 0.15) is 25.3 Å². The molecule has 1 aliphatic rings. The van der Waals surface area contributed by atoms with E-state index < -0.39 is 15.4 Å². The van der Waals surface area contributed by atoms with Gasteiger partial charge in [0, 0.05) is 6.42 Å². The van der Waals surface area contributed by atoms with E-state index in [2.05, 4.69) is 0 Å². The van der Waals surface area contributed by atoms with E-state index in [1.54, 1.807) is 12.1 Å². The van der Waals surface area contributed by atoms with Crippen molar-refractivity contribution in [2.24, 2.45) is 0 Å². The molecule has 1 aromatic carbocycles. The minimum atomic E-state index is -3.23. The molecule has 0 saturated carbocycles. The maximum absolute atomic E-state index is 12.2. The van der Waals surface area contributed by atoms with Crippen LogP contribution in [0.3, 0.4) is 0 Å². The van der Waals surface area contributed by atoms with Crippen LogP contribution < -0.4 is 0 Å². The van der Waals surface area contributed by atoms with Gasteiger partial charge in [0.25, 0.3) is 0 Å². The van der Waals surface area contributed by atoms with Crippen molar-refractivity contribution in [3.63, 3.8) is 0 Å². The Morgan fingerprint density at radius 2 is 1.88 bits per heavy atom. The lowest BCUT2D eigenvalue weighted by molar-refractivity contribution is -0.132. The summed E-state index contributed by atoms with van der Waals surface area (Å²) in [6.07, 6.45) is 1.59. The van der Waals surface area contributed by atoms with Gasteiger partial charge in [0.1, 0.15) is 0 Å². The number of rotatable bonds is 4. The quantitative estimate of drug-likeness (QED) is 0.828. The molecule has 4 heteroatoms. The predicted molar refractivity (Wildman–Crippen MR) is 66.8 cm³/mol. The van der Waals surface area contributed by atoms with Crippen LogP contribution >= 0.6 is 0 Å². The summed E-state index contributed by atoms with van der Waals surface area (Å²) in [5.41, 5.74) is 0.623. The van der Waals surface area contributed by atoms with Crippen molar-refractivity contribution in [3.05, 3.63) is 29.8 Å². The Bertz CT molecular complexity index is 478. The van der Waals surface area contributed by atoms with Gasteiger partial charge in [-0.1, -0.05) is 24.6 Å². The van der Waals surface area contributed by atoms with Gasteiger partial charge in [-0.25, -0.2) is 8.42 Å². The van der Waals surface area contributed by atoms with Crippen LogP contribution in [0.5, 0.6) is 0 Å². The summed E-state index contributed by atoms with van der Waals surface area (Å²) in [6.45, 7) is 4.60. The number of hydrogen-bond donors (Lipinski definition) is 0. The van der Waals surface area contributed by atoms with Crippen molar-refractivity contribution in [1.29, 1.82) is 0 Å². The summed E-state index contributed by atoms with van der Waals surface area (Å²) >= 11 is 0. The number of benzene rings is 1. The first-order valence-corrected chi connectivity index (χ1v) is 7.56. The standard InChI is InChI=1S/C13H18O3S/c1-3-13(8-9-16-13)10-17(14,15)12-6-4-11(2)5-7-12/h4-7H,3,8-10H2,1-2H3. The highest BCUT2D eigenvalue weighted by atomic mass is 32.2. The summed E-state index contributed by atoms with van der Waals surface area (Å²) < 4.78 is 29.9. The molecule has 1 fully saturated rings. The number of ether oxygens (including phenoxy) is 1. The molecule has 0 amide bonds. The van der Waals surface area contributed by atoms with E-state index in [0.29, 0.717) is 11.5 Å². The van der Waals surface area contributed by atoms with Crippen LogP contribution in [-0.2, 0) is 14.6 Å². The van der Waals surface area contributed by atoms with Gasteiger partial charge in [0.2, 0.25) is 0 Å². The zero-order valence-corrected chi connectivity index (χ0v) is 11.1. The van der Waals surface area contributed by atoms with E-state index in [9.17, 15) is 8.42 Å². The molecule has 0 spiro atoms. The predicted octanol–water partition coefficient (Wildman–Crippen LogP) is 2.34. The third-order valence-corrected chi connectivity index (χ3v) is 5.34. The van der Waals surface area contributed by atoms with Crippen molar-refractivity contribution >= 4 is 9.84 Å². The lowest BCUT2D eigenvalue weighted by Crippen LogP contribution is -2.48. The molecular weight excluding hydrogens is 236 g/mol. The topological polar surface area (TPSA) is 43.4 Å². The highest BCUT2D eigenvalue weighted by Crippen LogP contribution is 2.33. The van der Waals surface area contributed by atoms with E-state index in [1.807, 2.05) is 26.0 Å². The third-order valence-electron chi connectivity index (χ3n) is 3.44. The van der Waals surface area contributed by atoms with Crippen molar-refractivity contribution in [2.45, 2.75) is 37.2 Å². The second-order valence-corrected chi connectivity index (χ2v) is 6.70. The SMILES string of the molecule is CCC1(CS(=O)(=O)c2ccc(C)cc2)CCO1. The molecular formula is C13H18O3S. The summed E-state index contributed by atoms with van der Waals surface area (Å²) in [6, 6.07) is 7.00. The van der Waals surface area contributed by atoms with Gasteiger partial charge in [-0.15, -0.1) is 0 Å². The zero-order chi connectivity index (χ0) is 12.5. The van der Waals surface area contributed by atoms with Gasteiger partial charge in [-0.2, -0.15) is 0 Å². The number of aryl methyl sites for hydroxylation is 1. The van der Waals surface area contributed by atoms with E-state index in [0.717, 1.165) is 18.4 Å². The Hall–Kier alpha value is -0.870. The molecule has 0 aliphatic carbocycles. The van der Waals surface area contributed by atoms with Crippen molar-refractivity contribution in [3.8, 4) is 0 Å². The normalized spacial score (nSPS) is 24.4. The molecule has 1 atom stereocenters. The Morgan fingerprint density at radius 3 is 2.29 bits per heavy atom. The molecule has 3 nitrogen and oxygen atoms in total. The summed E-state index contributed by atoms with van der Waals surface area (Å²) in [5, 5.41) is 0. The molecule has 0 N–H and O–H groups in total. The average molecular weight is 254 g/mol. The minimum Gasteiger partial charge on any atom is -0.374 e. The van der Waals surface area contributed by atoms with Gasteiger partial charge in [-0.05, 0) is 25.5 Å². The molecule has 94 valence electrons. The van der Waals surface area contributed by atoms with Crippen LogP contribution in [-0.4, -0.2) is 26.4 Å². The maximum atomic E-state index is 12.2. The Balaban J connectivity index is 2.22. The first-order valence-electron chi connectivity index (χ1n) is 5.91. The monoisotopic (exact) mass is 254 g/mol. The molecule has 1 aliphatic heterocycles. The van der Waals surface area contributed by atoms with Crippen LogP contribution in [0.4, 0.5) is 0 Å². The van der Waals surface area contributed by atoms with E-state index in [1.165, 1.54) is 0 Å². The Morgan fingerprint density at radius 1 is 1.29 bits per heavy atom. The lowest BCUT2D eigenvalue weighted by atomic mass is 9.94. The molecule has 1 heterocycles. The zero-order valence-electron chi connectivity index (χ0n) is 10.3. The lowest BCUT2D eigenvalue weighted by Gasteiger charge is -2.40. The molecule has 0 bridgehead atoms. The van der Waals surface area contributed by atoms with Gasteiger partial charge in [0.15, 0.2) is 9.84 Å². The van der Waals surface area contributed by atoms with Gasteiger partial charge in [-0.3, -0.25) is 0 Å². The third kappa shape index (κ3) is 2.53. The molecule has 0 radical (unpaired) electrons. The summed E-state index contributed by atoms with van der Waals surface area (Å²) in [4.78, 5) is 0.395. The molecule has 17 heavy (non-hydrogen) atoms. The average Bonchev–Trinajstić information content (AvgIpc) is 2.24. The second-order valence-electron chi connectivity index (χ2n) is 4.71. The van der Waals surface area contributed by atoms with E-state index in [4.69, 9.17) is 4.74 Å². The van der Waals surface area contributed by atoms with Crippen molar-refractivity contribution in [2.75, 3.05) is 12.4 Å². The molecule has 1 aromatic rings. The molecule has 1 unspecified atom stereocenters. The smallest absolute Gasteiger partial charge is 0.181 e. The van der Waals surface area contributed by atoms with Crippen LogP contribution in [0.25, 0.3) is 0 Å². The van der Waals surface area contributed by atoms with Crippen LogP contribution in [0, 0.1) is 6.92 Å². The van der Waals surface area contributed by atoms with Gasteiger partial charge < -0.3 is 4.74 Å². The highest BCUT2D eigenvalue weighted by Gasteiger charge is 2.41. The fourth-order valence-electron chi connectivity index (χ4n) is 2.06. The molecule has 0 aromatic heterocycles. The van der Waals surface area contributed by atoms with Crippen molar-refractivity contribution in [1.82, 2.24) is 0 Å². The maximum Gasteiger partial charge on any atom is 0.181 e. The first-order chi connectivity index (χ1) is 7.97. The fourth-order valence-corrected chi connectivity index (χ4v) is 3.90. The minimum absolute atomic E-state index is 0.0968. The van der Waals surface area contributed by atoms with Gasteiger partial charge in [0.05, 0.1) is 22.9 Å². The second kappa shape index (κ2) is 4.42. The van der Waals surface area contributed by atoms with Gasteiger partial charge >= 0.3 is 0 Å². The van der Waals surface area contributed by atoms with Crippen LogP contribution in [0.15, 0.2) is 29.2 Å². The van der Waals surface area contributed by atoms with E-state index in [-0.39, 0.29) is 5.75 Å². The summed E-state index contributed by atoms with van der Waals surface area (Å²) in [5.74, 6) is 0.0968. The largest absolute Gasteiger partial charge is 0.374 e. The Kier molecular flexibility index (Phi) is 3.27. The summed E-state index contributed by atoms with van der Waals surface area (Å²) in [7, 11) is -3.23. The Labute approximate surface area is 103 Å². The molecule has 1 saturated heterocycles. The number of sulfone groups is 1. The first kappa shape index (κ1) is 12.6. The molecule has 2 rings (SSSR count). The number of hydrogen-bond acceptors (Lipinski definition) is 3. The van der Waals surface area contributed by atoms with E-state index >= 15 is 0 Å². The highest BCUT2D eigenvalue weighted by molar-refractivity contribution is 7.91.